The van der Waals surface area contributed by atoms with E-state index in [0.29, 0.717) is 24.7 Å². The maximum atomic E-state index is 13.7. The van der Waals surface area contributed by atoms with Crippen LogP contribution in [-0.2, 0) is 6.54 Å². The van der Waals surface area contributed by atoms with Crippen LogP contribution in [0.25, 0.3) is 10.8 Å². The Balaban J connectivity index is 1.52. The Labute approximate surface area is 199 Å². The first-order valence-electron chi connectivity index (χ1n) is 12.0. The van der Waals surface area contributed by atoms with Crippen molar-refractivity contribution in [1.82, 2.24) is 9.78 Å². The van der Waals surface area contributed by atoms with Gasteiger partial charge in [0.15, 0.2) is 0 Å². The third-order valence-electron chi connectivity index (χ3n) is 6.23. The second-order valence-corrected chi connectivity index (χ2v) is 8.51. The van der Waals surface area contributed by atoms with Crippen LogP contribution in [0, 0.1) is 0 Å². The largest absolute Gasteiger partial charge is 0.494 e. The number of hydrogen-bond acceptors (Lipinski definition) is 5. The molecule has 3 aromatic carbocycles. The van der Waals surface area contributed by atoms with E-state index in [1.807, 2.05) is 55.5 Å². The van der Waals surface area contributed by atoms with Gasteiger partial charge in [-0.2, -0.15) is 5.10 Å². The summed E-state index contributed by atoms with van der Waals surface area (Å²) in [6.07, 6.45) is 5.18. The molecule has 0 bridgehead atoms. The molecule has 34 heavy (non-hydrogen) atoms. The summed E-state index contributed by atoms with van der Waals surface area (Å²) in [5.74, 6) is 1.69. The molecule has 1 aromatic heterocycles. The summed E-state index contributed by atoms with van der Waals surface area (Å²) >= 11 is 0. The summed E-state index contributed by atoms with van der Waals surface area (Å²) in [5.41, 5.74) is 1.57. The average Bonchev–Trinajstić information content (AvgIpc) is 2.88. The number of anilines is 1. The van der Waals surface area contributed by atoms with Gasteiger partial charge in [0, 0.05) is 13.1 Å². The van der Waals surface area contributed by atoms with Crippen molar-refractivity contribution in [3.8, 4) is 17.2 Å². The van der Waals surface area contributed by atoms with Gasteiger partial charge in [-0.3, -0.25) is 4.79 Å². The fourth-order valence-electron chi connectivity index (χ4n) is 4.51. The van der Waals surface area contributed by atoms with Crippen molar-refractivity contribution in [2.24, 2.45) is 0 Å². The highest BCUT2D eigenvalue weighted by atomic mass is 16.5. The van der Waals surface area contributed by atoms with Crippen molar-refractivity contribution in [2.45, 2.75) is 32.7 Å². The maximum absolute atomic E-state index is 13.7. The standard InChI is InChI=1S/C28H29N3O3/c1-2-33-23-13-15-24(16-14-23)34-27-26(30-17-6-3-7-18-30)19-29-31(28(27)32)20-22-11-8-10-21-9-4-5-12-25(21)22/h4-5,8-16,19H,2-3,6-7,17-18,20H2,1H3. The lowest BCUT2D eigenvalue weighted by molar-refractivity contribution is 0.339. The van der Waals surface area contributed by atoms with E-state index in [0.717, 1.165) is 53.7 Å². The van der Waals surface area contributed by atoms with E-state index < -0.39 is 0 Å². The van der Waals surface area contributed by atoms with Crippen molar-refractivity contribution in [1.29, 1.82) is 0 Å². The van der Waals surface area contributed by atoms with Gasteiger partial charge in [0.25, 0.3) is 0 Å². The Morgan fingerprint density at radius 2 is 1.62 bits per heavy atom. The Bertz CT molecular complexity index is 1320. The quantitative estimate of drug-likeness (QED) is 0.362. The molecule has 0 unspecified atom stereocenters. The average molecular weight is 456 g/mol. The summed E-state index contributed by atoms with van der Waals surface area (Å²) in [6.45, 7) is 4.72. The van der Waals surface area contributed by atoms with Crippen LogP contribution in [0.1, 0.15) is 31.7 Å². The van der Waals surface area contributed by atoms with E-state index in [-0.39, 0.29) is 5.56 Å². The molecule has 6 heteroatoms. The minimum absolute atomic E-state index is 0.232. The zero-order valence-corrected chi connectivity index (χ0v) is 19.4. The molecule has 1 aliphatic rings. The molecular formula is C28H29N3O3. The minimum atomic E-state index is -0.232. The van der Waals surface area contributed by atoms with Gasteiger partial charge < -0.3 is 14.4 Å². The molecule has 1 aliphatic heterocycles. The first-order valence-corrected chi connectivity index (χ1v) is 12.0. The molecule has 5 rings (SSSR count). The second kappa shape index (κ2) is 10.00. The predicted molar refractivity (Wildman–Crippen MR) is 135 cm³/mol. The number of rotatable bonds is 7. The van der Waals surface area contributed by atoms with Crippen LogP contribution < -0.4 is 19.9 Å². The van der Waals surface area contributed by atoms with Gasteiger partial charge in [-0.1, -0.05) is 42.5 Å². The molecule has 2 heterocycles. The molecule has 0 atom stereocenters. The Hall–Kier alpha value is -3.80. The summed E-state index contributed by atoms with van der Waals surface area (Å²) in [7, 11) is 0. The predicted octanol–water partition coefficient (Wildman–Crippen LogP) is 5.63. The Morgan fingerprint density at radius 3 is 2.41 bits per heavy atom. The first-order chi connectivity index (χ1) is 16.7. The number of fused-ring (bicyclic) bond motifs is 1. The van der Waals surface area contributed by atoms with Gasteiger partial charge in [0.2, 0.25) is 5.75 Å². The van der Waals surface area contributed by atoms with Crippen molar-refractivity contribution < 1.29 is 9.47 Å². The van der Waals surface area contributed by atoms with E-state index in [1.54, 1.807) is 6.20 Å². The zero-order chi connectivity index (χ0) is 23.3. The van der Waals surface area contributed by atoms with Gasteiger partial charge in [-0.15, -0.1) is 0 Å². The molecule has 0 aliphatic carbocycles. The molecule has 0 amide bonds. The normalized spacial score (nSPS) is 13.7. The Morgan fingerprint density at radius 1 is 0.882 bits per heavy atom. The third-order valence-corrected chi connectivity index (χ3v) is 6.23. The lowest BCUT2D eigenvalue weighted by atomic mass is 10.0. The highest BCUT2D eigenvalue weighted by Crippen LogP contribution is 2.31. The molecule has 0 spiro atoms. The fourth-order valence-corrected chi connectivity index (χ4v) is 4.51. The maximum Gasteiger partial charge on any atom is 0.312 e. The smallest absolute Gasteiger partial charge is 0.312 e. The lowest BCUT2D eigenvalue weighted by Crippen LogP contribution is -2.33. The van der Waals surface area contributed by atoms with Crippen LogP contribution >= 0.6 is 0 Å². The number of aromatic nitrogens is 2. The highest BCUT2D eigenvalue weighted by Gasteiger charge is 2.21. The molecule has 4 aromatic rings. The number of nitrogens with zero attached hydrogens (tertiary/aromatic N) is 3. The van der Waals surface area contributed by atoms with Gasteiger partial charge in [-0.05, 0) is 66.8 Å². The molecule has 1 saturated heterocycles. The third kappa shape index (κ3) is 4.62. The first kappa shape index (κ1) is 22.0. The van der Waals surface area contributed by atoms with Crippen LogP contribution in [-0.4, -0.2) is 29.5 Å². The van der Waals surface area contributed by atoms with E-state index >= 15 is 0 Å². The molecular weight excluding hydrogens is 426 g/mol. The van der Waals surface area contributed by atoms with Crippen molar-refractivity contribution in [3.05, 3.63) is 88.8 Å². The number of benzene rings is 3. The fraction of sp³-hybridized carbons (Fsp3) is 0.286. The van der Waals surface area contributed by atoms with Crippen molar-refractivity contribution in [3.63, 3.8) is 0 Å². The number of ether oxygens (including phenoxy) is 2. The lowest BCUT2D eigenvalue weighted by Gasteiger charge is -2.29. The van der Waals surface area contributed by atoms with Crippen LogP contribution in [0.2, 0.25) is 0 Å². The van der Waals surface area contributed by atoms with Crippen molar-refractivity contribution in [2.75, 3.05) is 24.6 Å². The number of piperidine rings is 1. The van der Waals surface area contributed by atoms with Crippen LogP contribution in [0.15, 0.2) is 77.7 Å². The summed E-state index contributed by atoms with van der Waals surface area (Å²) in [4.78, 5) is 15.9. The van der Waals surface area contributed by atoms with Crippen LogP contribution in [0.5, 0.6) is 17.2 Å². The molecule has 0 radical (unpaired) electrons. The molecule has 0 saturated carbocycles. The molecule has 6 nitrogen and oxygen atoms in total. The van der Waals surface area contributed by atoms with Gasteiger partial charge in [0.05, 0.1) is 19.3 Å². The molecule has 1 fully saturated rings. The van der Waals surface area contributed by atoms with E-state index in [9.17, 15) is 4.79 Å². The van der Waals surface area contributed by atoms with Gasteiger partial charge >= 0.3 is 5.56 Å². The van der Waals surface area contributed by atoms with Gasteiger partial charge in [0.1, 0.15) is 17.2 Å². The van der Waals surface area contributed by atoms with E-state index in [4.69, 9.17) is 9.47 Å². The minimum Gasteiger partial charge on any atom is -0.494 e. The highest BCUT2D eigenvalue weighted by molar-refractivity contribution is 5.85. The van der Waals surface area contributed by atoms with Crippen molar-refractivity contribution >= 4 is 16.5 Å². The topological polar surface area (TPSA) is 56.6 Å². The Kier molecular flexibility index (Phi) is 6.47. The van der Waals surface area contributed by atoms with Crippen LogP contribution in [0.4, 0.5) is 5.69 Å². The monoisotopic (exact) mass is 455 g/mol. The zero-order valence-electron chi connectivity index (χ0n) is 19.4. The van der Waals surface area contributed by atoms with E-state index in [1.165, 1.54) is 11.1 Å². The summed E-state index contributed by atoms with van der Waals surface area (Å²) in [5, 5.41) is 6.82. The summed E-state index contributed by atoms with van der Waals surface area (Å²) < 4.78 is 13.3. The summed E-state index contributed by atoms with van der Waals surface area (Å²) in [6, 6.07) is 21.7. The second-order valence-electron chi connectivity index (χ2n) is 8.51. The van der Waals surface area contributed by atoms with Crippen LogP contribution in [0.3, 0.4) is 0 Å². The number of hydrogen-bond donors (Lipinski definition) is 0. The van der Waals surface area contributed by atoms with Gasteiger partial charge in [-0.25, -0.2) is 4.68 Å². The SMILES string of the molecule is CCOc1ccc(Oc2c(N3CCCCC3)cnn(Cc3cccc4ccccc34)c2=O)cc1. The molecule has 174 valence electrons. The molecule has 0 N–H and O–H groups in total. The van der Waals surface area contributed by atoms with E-state index in [2.05, 4.69) is 28.2 Å².